The Morgan fingerprint density at radius 3 is 2.44 bits per heavy atom. The molecule has 2 N–H and O–H groups in total. The van der Waals surface area contributed by atoms with Crippen LogP contribution in [0.5, 0.6) is 0 Å². The van der Waals surface area contributed by atoms with Crippen LogP contribution in [0.15, 0.2) is 18.2 Å². The molecule has 0 bridgehead atoms. The summed E-state index contributed by atoms with van der Waals surface area (Å²) in [5.41, 5.74) is 5.81. The van der Waals surface area contributed by atoms with Crippen molar-refractivity contribution in [1.82, 2.24) is 4.90 Å². The average molecular weight is 398 g/mol. The van der Waals surface area contributed by atoms with Crippen molar-refractivity contribution in [2.45, 2.75) is 25.0 Å². The van der Waals surface area contributed by atoms with Crippen LogP contribution in [-0.2, 0) is 9.53 Å². The van der Waals surface area contributed by atoms with E-state index in [-0.39, 0.29) is 42.5 Å². The first-order chi connectivity index (χ1) is 11.1. The van der Waals surface area contributed by atoms with Gasteiger partial charge in [-0.15, -0.1) is 24.8 Å². The lowest BCUT2D eigenvalue weighted by Gasteiger charge is -2.37. The fraction of sp³-hybridized carbons (Fsp3) is 0.562. The molecule has 9 heteroatoms. The van der Waals surface area contributed by atoms with Gasteiger partial charge in [0.1, 0.15) is 17.7 Å². The fourth-order valence-electron chi connectivity index (χ4n) is 3.16. The number of carbonyl (C=O) groups is 1. The van der Waals surface area contributed by atoms with Crippen molar-refractivity contribution in [2.24, 2.45) is 5.73 Å². The number of amides is 1. The molecule has 0 aliphatic carbocycles. The van der Waals surface area contributed by atoms with Crippen LogP contribution in [-0.4, -0.2) is 55.7 Å². The standard InChI is InChI=1S/C16H21F2N3O2.2ClH/c17-11-1-3-13(18)14(9-11)20-5-7-21(8-6-20)16(22)15-4-2-12(10-19)23-15;;/h1,3,9,12,15H,2,4-8,10,19H2;2*1H/t12-,15+;;/m1../s1. The van der Waals surface area contributed by atoms with Crippen LogP contribution in [0.1, 0.15) is 12.8 Å². The normalized spacial score (nSPS) is 23.0. The van der Waals surface area contributed by atoms with Gasteiger partial charge in [0.05, 0.1) is 11.8 Å². The Hall–Kier alpha value is -1.15. The molecule has 0 unspecified atom stereocenters. The molecule has 1 aromatic rings. The highest BCUT2D eigenvalue weighted by Gasteiger charge is 2.34. The predicted molar refractivity (Wildman–Crippen MR) is 96.6 cm³/mol. The molecule has 1 amide bonds. The molecule has 0 radical (unpaired) electrons. The van der Waals surface area contributed by atoms with Crippen molar-refractivity contribution < 1.29 is 18.3 Å². The first-order valence-electron chi connectivity index (χ1n) is 7.93. The van der Waals surface area contributed by atoms with E-state index in [9.17, 15) is 13.6 Å². The molecule has 2 saturated heterocycles. The van der Waals surface area contributed by atoms with Gasteiger partial charge < -0.3 is 20.3 Å². The van der Waals surface area contributed by atoms with E-state index in [1.165, 1.54) is 6.07 Å². The second-order valence-corrected chi connectivity index (χ2v) is 5.97. The van der Waals surface area contributed by atoms with E-state index >= 15 is 0 Å². The molecular formula is C16H23Cl2F2N3O2. The van der Waals surface area contributed by atoms with Crippen LogP contribution >= 0.6 is 24.8 Å². The molecule has 5 nitrogen and oxygen atoms in total. The van der Waals surface area contributed by atoms with Crippen molar-refractivity contribution in [1.29, 1.82) is 0 Å². The number of halogens is 4. The Labute approximate surface area is 158 Å². The molecule has 2 aliphatic rings. The van der Waals surface area contributed by atoms with Gasteiger partial charge in [-0.2, -0.15) is 0 Å². The smallest absolute Gasteiger partial charge is 0.251 e. The number of benzene rings is 1. The van der Waals surface area contributed by atoms with Crippen LogP contribution in [0.4, 0.5) is 14.5 Å². The lowest BCUT2D eigenvalue weighted by molar-refractivity contribution is -0.143. The van der Waals surface area contributed by atoms with Crippen LogP contribution < -0.4 is 10.6 Å². The number of piperazine rings is 1. The van der Waals surface area contributed by atoms with Gasteiger partial charge >= 0.3 is 0 Å². The Morgan fingerprint density at radius 2 is 1.84 bits per heavy atom. The fourth-order valence-corrected chi connectivity index (χ4v) is 3.16. The zero-order chi connectivity index (χ0) is 16.4. The summed E-state index contributed by atoms with van der Waals surface area (Å²) in [7, 11) is 0. The van der Waals surface area contributed by atoms with Crippen LogP contribution in [0.25, 0.3) is 0 Å². The van der Waals surface area contributed by atoms with E-state index in [0.29, 0.717) is 39.1 Å². The zero-order valence-electron chi connectivity index (χ0n) is 13.7. The largest absolute Gasteiger partial charge is 0.366 e. The lowest BCUT2D eigenvalue weighted by Crippen LogP contribution is -2.51. The van der Waals surface area contributed by atoms with Gasteiger partial charge in [-0.3, -0.25) is 4.79 Å². The van der Waals surface area contributed by atoms with Gasteiger partial charge in [0.25, 0.3) is 5.91 Å². The average Bonchev–Trinajstić information content (AvgIpc) is 3.06. The number of nitrogens with two attached hydrogens (primary N) is 1. The molecule has 2 fully saturated rings. The minimum Gasteiger partial charge on any atom is -0.366 e. The number of rotatable bonds is 3. The topological polar surface area (TPSA) is 58.8 Å². The number of hydrogen-bond donors (Lipinski definition) is 1. The van der Waals surface area contributed by atoms with Crippen molar-refractivity contribution >= 4 is 36.4 Å². The van der Waals surface area contributed by atoms with Crippen LogP contribution in [0.3, 0.4) is 0 Å². The summed E-state index contributed by atoms with van der Waals surface area (Å²) in [5.74, 6) is -0.941. The minimum atomic E-state index is -0.466. The van der Waals surface area contributed by atoms with Crippen molar-refractivity contribution in [3.63, 3.8) is 0 Å². The molecule has 0 aromatic heterocycles. The molecule has 2 heterocycles. The van der Waals surface area contributed by atoms with E-state index < -0.39 is 17.7 Å². The van der Waals surface area contributed by atoms with E-state index in [1.807, 2.05) is 0 Å². The lowest BCUT2D eigenvalue weighted by atomic mass is 10.1. The Morgan fingerprint density at radius 1 is 1.16 bits per heavy atom. The SMILES string of the molecule is Cl.Cl.NC[C@H]1CC[C@@H](C(=O)N2CCN(c3cc(F)ccc3F)CC2)O1. The summed E-state index contributed by atoms with van der Waals surface area (Å²) in [6.45, 7) is 2.32. The first kappa shape index (κ1) is 21.9. The molecule has 2 atom stereocenters. The summed E-state index contributed by atoms with van der Waals surface area (Å²) in [6, 6.07) is 3.42. The Bertz CT molecular complexity index is 586. The van der Waals surface area contributed by atoms with E-state index in [0.717, 1.165) is 18.6 Å². The molecule has 3 rings (SSSR count). The molecule has 0 spiro atoms. The van der Waals surface area contributed by atoms with Gasteiger partial charge in [-0.05, 0) is 25.0 Å². The Kier molecular flexibility index (Phi) is 8.34. The van der Waals surface area contributed by atoms with Crippen LogP contribution in [0, 0.1) is 11.6 Å². The molecule has 1 aromatic carbocycles. The highest BCUT2D eigenvalue weighted by molar-refractivity contribution is 5.85. The first-order valence-corrected chi connectivity index (χ1v) is 7.93. The third-order valence-corrected chi connectivity index (χ3v) is 4.49. The monoisotopic (exact) mass is 397 g/mol. The van der Waals surface area contributed by atoms with Gasteiger partial charge in [0.15, 0.2) is 0 Å². The van der Waals surface area contributed by atoms with E-state index in [1.54, 1.807) is 9.80 Å². The maximum atomic E-state index is 13.8. The van der Waals surface area contributed by atoms with Crippen molar-refractivity contribution in [3.05, 3.63) is 29.8 Å². The molecule has 25 heavy (non-hydrogen) atoms. The third-order valence-electron chi connectivity index (χ3n) is 4.49. The van der Waals surface area contributed by atoms with Crippen LogP contribution in [0.2, 0.25) is 0 Å². The second-order valence-electron chi connectivity index (χ2n) is 5.97. The molecule has 2 aliphatic heterocycles. The second kappa shape index (κ2) is 9.52. The number of hydrogen-bond acceptors (Lipinski definition) is 4. The van der Waals surface area contributed by atoms with Crippen molar-refractivity contribution in [2.75, 3.05) is 37.6 Å². The summed E-state index contributed by atoms with van der Waals surface area (Å²) in [5, 5.41) is 0. The maximum Gasteiger partial charge on any atom is 0.251 e. The highest BCUT2D eigenvalue weighted by Crippen LogP contribution is 2.24. The van der Waals surface area contributed by atoms with Crippen molar-refractivity contribution in [3.8, 4) is 0 Å². The molecular weight excluding hydrogens is 375 g/mol. The maximum absolute atomic E-state index is 13.8. The van der Waals surface area contributed by atoms with Gasteiger partial charge in [0.2, 0.25) is 0 Å². The molecule has 0 saturated carbocycles. The molecule has 142 valence electrons. The summed E-state index contributed by atoms with van der Waals surface area (Å²) < 4.78 is 32.7. The van der Waals surface area contributed by atoms with E-state index in [2.05, 4.69) is 0 Å². The quantitative estimate of drug-likeness (QED) is 0.846. The highest BCUT2D eigenvalue weighted by atomic mass is 35.5. The number of ether oxygens (including phenoxy) is 1. The third kappa shape index (κ3) is 4.94. The summed E-state index contributed by atoms with van der Waals surface area (Å²) in [4.78, 5) is 15.9. The minimum absolute atomic E-state index is 0. The van der Waals surface area contributed by atoms with Gasteiger partial charge in [-0.1, -0.05) is 0 Å². The number of nitrogens with zero attached hydrogens (tertiary/aromatic N) is 2. The number of carbonyl (C=O) groups excluding carboxylic acids is 1. The summed E-state index contributed by atoms with van der Waals surface area (Å²) >= 11 is 0. The summed E-state index contributed by atoms with van der Waals surface area (Å²) in [6.07, 6.45) is 1.05. The van der Waals surface area contributed by atoms with Gasteiger partial charge in [0, 0.05) is 38.8 Å². The zero-order valence-corrected chi connectivity index (χ0v) is 15.3. The Balaban J connectivity index is 0.00000156. The predicted octanol–water partition coefficient (Wildman–Crippen LogP) is 1.96. The number of anilines is 1. The van der Waals surface area contributed by atoms with Gasteiger partial charge in [-0.25, -0.2) is 8.78 Å². The van der Waals surface area contributed by atoms with E-state index in [4.69, 9.17) is 10.5 Å².